The lowest BCUT2D eigenvalue weighted by molar-refractivity contribution is -0.00362. The fraction of sp³-hybridized carbons (Fsp3) is 0.636. The summed E-state index contributed by atoms with van der Waals surface area (Å²) in [6.45, 7) is 17.2. The van der Waals surface area contributed by atoms with Gasteiger partial charge in [0.05, 0.1) is 23.3 Å². The number of nitrogens with zero attached hydrogens (tertiary/aromatic N) is 2. The number of carbonyl (C=O) groups is 4. The maximum Gasteiger partial charge on any atom is 0.410 e. The fourth-order valence-corrected chi connectivity index (χ4v) is 6.16. The van der Waals surface area contributed by atoms with E-state index in [9.17, 15) is 24.3 Å². The maximum atomic E-state index is 12.0. The highest BCUT2D eigenvalue weighted by Gasteiger charge is 2.29. The zero-order chi connectivity index (χ0) is 42.6. The van der Waals surface area contributed by atoms with Gasteiger partial charge in [0.15, 0.2) is 0 Å². The van der Waals surface area contributed by atoms with E-state index in [1.54, 1.807) is 34.1 Å². The first kappa shape index (κ1) is 48.1. The van der Waals surface area contributed by atoms with E-state index >= 15 is 0 Å². The van der Waals surface area contributed by atoms with Gasteiger partial charge in [0.2, 0.25) is 0 Å². The van der Waals surface area contributed by atoms with Crippen molar-refractivity contribution in [3.63, 3.8) is 0 Å². The van der Waals surface area contributed by atoms with Crippen LogP contribution in [0.4, 0.5) is 9.59 Å². The van der Waals surface area contributed by atoms with Crippen LogP contribution < -0.4 is 10.6 Å². The lowest BCUT2D eigenvalue weighted by Crippen LogP contribution is -2.43. The van der Waals surface area contributed by atoms with Crippen molar-refractivity contribution in [3.8, 4) is 0 Å². The van der Waals surface area contributed by atoms with Gasteiger partial charge in [0, 0.05) is 39.0 Å². The van der Waals surface area contributed by atoms with Crippen LogP contribution in [0.3, 0.4) is 0 Å². The molecule has 2 amide bonds. The average molecular weight is 813 g/mol. The van der Waals surface area contributed by atoms with Crippen LogP contribution in [0, 0.1) is 0 Å². The molecule has 324 valence electrons. The molecule has 58 heavy (non-hydrogen) atoms. The number of likely N-dealkylation sites (tertiary alicyclic amines) is 2. The average Bonchev–Trinajstić information content (AvgIpc) is 3.19. The summed E-state index contributed by atoms with van der Waals surface area (Å²) in [5.74, 6) is -0.515. The Hall–Kier alpha value is -4.24. The van der Waals surface area contributed by atoms with E-state index in [1.807, 2.05) is 77.9 Å². The topological polar surface area (TPSA) is 176 Å². The van der Waals surface area contributed by atoms with Gasteiger partial charge in [-0.05, 0) is 131 Å². The van der Waals surface area contributed by atoms with Crippen LogP contribution in [0.2, 0.25) is 0 Å². The Morgan fingerprint density at radius 3 is 1.19 bits per heavy atom. The number of nitrogens with one attached hydrogen (secondary N) is 2. The Kier molecular flexibility index (Phi) is 20.4. The number of carbonyl (C=O) groups excluding carboxylic acids is 4. The van der Waals surface area contributed by atoms with Gasteiger partial charge in [0.25, 0.3) is 0 Å². The van der Waals surface area contributed by atoms with E-state index in [2.05, 4.69) is 10.6 Å². The molecule has 0 spiro atoms. The van der Waals surface area contributed by atoms with Crippen LogP contribution >= 0.6 is 0 Å². The monoisotopic (exact) mass is 812 g/mol. The second-order valence-electron chi connectivity index (χ2n) is 16.8. The molecule has 4 N–H and O–H groups in total. The number of aliphatic hydroxyl groups excluding tert-OH is 2. The Morgan fingerprint density at radius 2 is 0.845 bits per heavy atom. The summed E-state index contributed by atoms with van der Waals surface area (Å²) in [5, 5.41) is 24.5. The molecular weight excluding hydrogens is 745 g/mol. The standard InChI is InChI=1S/C17H23NO4.C12H15NO2.C10H19NO3.C5H11NO/c1-17(2,3)22-16(20)18-11-9-14(10-12-18)21-15(19)13-7-5-4-6-8-13;14-12(10-4-2-1-3-5-10)15-11-6-8-13-9-7-11;1-10(2,3)14-9(13)11-6-4-8(12)5-7-11;7-5-1-3-6-4-2-5/h4-8,14H,9-12H2,1-3H3;1-5,11,13H,6-9H2;8,12H,4-7H2,1-3H3;5-7H,1-4H2. The Labute approximate surface area is 344 Å². The van der Waals surface area contributed by atoms with Crippen LogP contribution in [0.15, 0.2) is 60.7 Å². The third-order valence-corrected chi connectivity index (χ3v) is 9.37. The lowest BCUT2D eigenvalue weighted by Gasteiger charge is -2.33. The van der Waals surface area contributed by atoms with Crippen LogP contribution in [-0.4, -0.2) is 132 Å². The molecule has 2 aromatic rings. The molecule has 6 rings (SSSR count). The van der Waals surface area contributed by atoms with Crippen LogP contribution in [-0.2, 0) is 18.9 Å². The molecule has 0 radical (unpaired) electrons. The lowest BCUT2D eigenvalue weighted by atomic mass is 10.1. The van der Waals surface area contributed by atoms with Gasteiger partial charge in [-0.25, -0.2) is 19.2 Å². The molecule has 4 heterocycles. The minimum Gasteiger partial charge on any atom is -0.459 e. The zero-order valence-electron chi connectivity index (χ0n) is 35.5. The second kappa shape index (κ2) is 24.6. The summed E-state index contributed by atoms with van der Waals surface area (Å²) in [7, 11) is 0. The third kappa shape index (κ3) is 20.0. The normalized spacial score (nSPS) is 18.4. The highest BCUT2D eigenvalue weighted by Crippen LogP contribution is 2.19. The van der Waals surface area contributed by atoms with Crippen molar-refractivity contribution in [1.82, 2.24) is 20.4 Å². The smallest absolute Gasteiger partial charge is 0.410 e. The van der Waals surface area contributed by atoms with Gasteiger partial charge >= 0.3 is 24.1 Å². The van der Waals surface area contributed by atoms with E-state index in [-0.39, 0.29) is 48.5 Å². The molecular formula is C44H68N4O10. The van der Waals surface area contributed by atoms with Crippen LogP contribution in [0.25, 0.3) is 0 Å². The predicted molar refractivity (Wildman–Crippen MR) is 222 cm³/mol. The van der Waals surface area contributed by atoms with E-state index in [0.717, 1.165) is 51.9 Å². The molecule has 0 aromatic heterocycles. The van der Waals surface area contributed by atoms with E-state index < -0.39 is 11.2 Å². The molecule has 4 aliphatic heterocycles. The predicted octanol–water partition coefficient (Wildman–Crippen LogP) is 5.95. The van der Waals surface area contributed by atoms with E-state index in [1.165, 1.54) is 0 Å². The number of ether oxygens (including phenoxy) is 4. The quantitative estimate of drug-likeness (QED) is 0.211. The van der Waals surface area contributed by atoms with Gasteiger partial charge < -0.3 is 49.6 Å². The van der Waals surface area contributed by atoms with Crippen molar-refractivity contribution in [2.45, 2.75) is 129 Å². The summed E-state index contributed by atoms with van der Waals surface area (Å²) < 4.78 is 21.4. The van der Waals surface area contributed by atoms with Gasteiger partial charge in [-0.2, -0.15) is 0 Å². The van der Waals surface area contributed by atoms with Crippen LogP contribution in [0.5, 0.6) is 0 Å². The molecule has 4 fully saturated rings. The number of hydrogen-bond acceptors (Lipinski definition) is 12. The van der Waals surface area contributed by atoms with E-state index in [4.69, 9.17) is 24.1 Å². The van der Waals surface area contributed by atoms with Crippen molar-refractivity contribution in [2.24, 2.45) is 0 Å². The Balaban J connectivity index is 0.000000220. The second-order valence-corrected chi connectivity index (χ2v) is 16.8. The highest BCUT2D eigenvalue weighted by atomic mass is 16.6. The Morgan fingerprint density at radius 1 is 0.517 bits per heavy atom. The summed E-state index contributed by atoms with van der Waals surface area (Å²) in [6.07, 6.45) is 5.34. The van der Waals surface area contributed by atoms with Crippen molar-refractivity contribution >= 4 is 24.1 Å². The number of aliphatic hydroxyl groups is 2. The first-order valence-corrected chi connectivity index (χ1v) is 20.7. The zero-order valence-corrected chi connectivity index (χ0v) is 35.5. The SMILES string of the molecule is CC(C)(C)OC(=O)N1CCC(O)CC1.CC(C)(C)OC(=O)N1CCC(OC(=O)c2ccccc2)CC1.O=C(OC1CCNCC1)c1ccccc1.OC1CCNCC1. The molecule has 0 bridgehead atoms. The van der Waals surface area contributed by atoms with Crippen molar-refractivity contribution < 1.29 is 48.3 Å². The molecule has 14 nitrogen and oxygen atoms in total. The molecule has 2 aromatic carbocycles. The number of benzene rings is 2. The molecule has 0 atom stereocenters. The molecule has 0 saturated carbocycles. The van der Waals surface area contributed by atoms with Gasteiger partial charge in [-0.1, -0.05) is 36.4 Å². The first-order chi connectivity index (χ1) is 27.5. The largest absolute Gasteiger partial charge is 0.459 e. The molecule has 0 unspecified atom stereocenters. The van der Waals surface area contributed by atoms with Crippen molar-refractivity contribution in [2.75, 3.05) is 52.4 Å². The number of amides is 2. The molecule has 14 heteroatoms. The van der Waals surface area contributed by atoms with E-state index in [0.29, 0.717) is 63.0 Å². The molecule has 0 aliphatic carbocycles. The first-order valence-electron chi connectivity index (χ1n) is 20.7. The minimum absolute atomic E-state index is 0.0266. The summed E-state index contributed by atoms with van der Waals surface area (Å²) >= 11 is 0. The number of piperidine rings is 4. The summed E-state index contributed by atoms with van der Waals surface area (Å²) in [5.41, 5.74) is 0.258. The van der Waals surface area contributed by atoms with Crippen molar-refractivity contribution in [3.05, 3.63) is 71.8 Å². The summed E-state index contributed by atoms with van der Waals surface area (Å²) in [6, 6.07) is 18.1. The summed E-state index contributed by atoms with van der Waals surface area (Å²) in [4.78, 5) is 50.5. The number of esters is 2. The highest BCUT2D eigenvalue weighted by molar-refractivity contribution is 5.89. The number of hydrogen-bond donors (Lipinski definition) is 4. The minimum atomic E-state index is -0.492. The molecule has 4 saturated heterocycles. The Bertz CT molecular complexity index is 1490. The molecule has 4 aliphatic rings. The van der Waals surface area contributed by atoms with Gasteiger partial charge in [0.1, 0.15) is 23.4 Å². The van der Waals surface area contributed by atoms with Crippen molar-refractivity contribution in [1.29, 1.82) is 0 Å². The number of rotatable bonds is 4. The van der Waals surface area contributed by atoms with Crippen LogP contribution in [0.1, 0.15) is 114 Å². The fourth-order valence-electron chi connectivity index (χ4n) is 6.16. The third-order valence-electron chi connectivity index (χ3n) is 9.37. The van der Waals surface area contributed by atoms with Gasteiger partial charge in [-0.3, -0.25) is 0 Å². The maximum absolute atomic E-state index is 12.0. The van der Waals surface area contributed by atoms with Gasteiger partial charge in [-0.15, -0.1) is 0 Å².